The summed E-state index contributed by atoms with van der Waals surface area (Å²) in [7, 11) is 0. The van der Waals surface area contributed by atoms with Crippen LogP contribution < -0.4 is 5.32 Å². The Bertz CT molecular complexity index is 1280. The third-order valence-corrected chi connectivity index (χ3v) is 6.03. The summed E-state index contributed by atoms with van der Waals surface area (Å²) in [6.07, 6.45) is 3.08. The molecule has 0 radical (unpaired) electrons. The van der Waals surface area contributed by atoms with E-state index >= 15 is 0 Å². The van der Waals surface area contributed by atoms with E-state index in [0.29, 0.717) is 0 Å². The molecule has 0 saturated heterocycles. The van der Waals surface area contributed by atoms with Gasteiger partial charge >= 0.3 is 0 Å². The first-order chi connectivity index (χ1) is 15.6. The molecule has 1 N–H and O–H groups in total. The van der Waals surface area contributed by atoms with E-state index in [9.17, 15) is 10.1 Å². The predicted octanol–water partition coefficient (Wildman–Crippen LogP) is 6.17. The zero-order valence-electron chi connectivity index (χ0n) is 17.9. The molecular formula is C26H24N4O2. The second-order valence-corrected chi connectivity index (χ2v) is 8.14. The number of non-ortho nitro benzene ring substituents is 1. The Kier molecular flexibility index (Phi) is 5.19. The molecule has 1 aliphatic rings. The van der Waals surface area contributed by atoms with E-state index in [1.54, 1.807) is 12.1 Å². The number of hydrogen-bond acceptors (Lipinski definition) is 4. The molecule has 5 rings (SSSR count). The molecule has 0 saturated carbocycles. The molecule has 0 unspecified atom stereocenters. The summed E-state index contributed by atoms with van der Waals surface area (Å²) in [6.45, 7) is 2.82. The van der Waals surface area contributed by atoms with E-state index < -0.39 is 0 Å². The van der Waals surface area contributed by atoms with Crippen LogP contribution in [0.4, 0.5) is 11.5 Å². The molecule has 6 nitrogen and oxygen atoms in total. The van der Waals surface area contributed by atoms with Crippen molar-refractivity contribution in [1.29, 1.82) is 0 Å². The Morgan fingerprint density at radius 2 is 1.66 bits per heavy atom. The van der Waals surface area contributed by atoms with Crippen LogP contribution in [-0.4, -0.2) is 21.2 Å². The van der Waals surface area contributed by atoms with Crippen molar-refractivity contribution in [2.75, 3.05) is 11.9 Å². The average Bonchev–Trinajstić information content (AvgIpc) is 3.00. The van der Waals surface area contributed by atoms with E-state index in [-0.39, 0.29) is 10.6 Å². The number of fused-ring (bicyclic) bond motifs is 1. The molecule has 0 amide bonds. The third-order valence-electron chi connectivity index (χ3n) is 6.03. The molecule has 0 fully saturated rings. The predicted molar refractivity (Wildman–Crippen MR) is 127 cm³/mol. The quantitative estimate of drug-likeness (QED) is 0.314. The first-order valence-corrected chi connectivity index (χ1v) is 10.9. The van der Waals surface area contributed by atoms with Crippen molar-refractivity contribution in [2.24, 2.45) is 0 Å². The zero-order chi connectivity index (χ0) is 22.1. The summed E-state index contributed by atoms with van der Waals surface area (Å²) in [5, 5.41) is 19.9. The van der Waals surface area contributed by atoms with E-state index in [1.807, 2.05) is 29.8 Å². The van der Waals surface area contributed by atoms with Crippen LogP contribution in [0.15, 0.2) is 72.8 Å². The number of nitro benzene ring substituents is 1. The molecule has 1 aliphatic heterocycles. The maximum atomic E-state index is 11.4. The van der Waals surface area contributed by atoms with E-state index in [2.05, 4.69) is 41.7 Å². The van der Waals surface area contributed by atoms with Gasteiger partial charge in [-0.05, 0) is 42.9 Å². The van der Waals surface area contributed by atoms with Crippen molar-refractivity contribution in [3.63, 3.8) is 0 Å². The van der Waals surface area contributed by atoms with Crippen molar-refractivity contribution in [3.8, 4) is 28.1 Å². The molecule has 6 heteroatoms. The topological polar surface area (TPSA) is 73.0 Å². The monoisotopic (exact) mass is 424 g/mol. The Balaban J connectivity index is 1.62. The smallest absolute Gasteiger partial charge is 0.271 e. The maximum Gasteiger partial charge on any atom is 0.271 e. The minimum atomic E-state index is -0.359. The normalized spacial score (nSPS) is 13.2. The first kappa shape index (κ1) is 20.0. The van der Waals surface area contributed by atoms with Crippen LogP contribution in [0, 0.1) is 17.0 Å². The summed E-state index contributed by atoms with van der Waals surface area (Å²) in [5.41, 5.74) is 7.23. The van der Waals surface area contributed by atoms with Crippen LogP contribution in [-0.2, 0) is 6.42 Å². The van der Waals surface area contributed by atoms with E-state index in [1.165, 1.54) is 17.2 Å². The van der Waals surface area contributed by atoms with E-state index in [4.69, 9.17) is 5.10 Å². The Morgan fingerprint density at radius 1 is 0.938 bits per heavy atom. The number of anilines is 1. The molecule has 32 heavy (non-hydrogen) atoms. The van der Waals surface area contributed by atoms with Crippen LogP contribution in [0.2, 0.25) is 0 Å². The molecule has 1 aromatic heterocycles. The summed E-state index contributed by atoms with van der Waals surface area (Å²) in [4.78, 5) is 11.0. The molecular weight excluding hydrogens is 400 g/mol. The molecule has 4 aromatic rings. The van der Waals surface area contributed by atoms with Gasteiger partial charge in [0.2, 0.25) is 0 Å². The molecule has 2 heterocycles. The lowest BCUT2D eigenvalue weighted by atomic mass is 10.00. The van der Waals surface area contributed by atoms with E-state index in [0.717, 1.165) is 59.7 Å². The van der Waals surface area contributed by atoms with Crippen molar-refractivity contribution >= 4 is 11.5 Å². The fourth-order valence-electron chi connectivity index (χ4n) is 4.30. The number of nitrogens with zero attached hydrogens (tertiary/aromatic N) is 3. The molecule has 0 aliphatic carbocycles. The van der Waals surface area contributed by atoms with Crippen molar-refractivity contribution in [2.45, 2.75) is 26.2 Å². The molecule has 0 atom stereocenters. The molecule has 0 spiro atoms. The maximum absolute atomic E-state index is 11.4. The second kappa shape index (κ2) is 8.30. The average molecular weight is 425 g/mol. The fraction of sp³-hybridized carbons (Fsp3) is 0.192. The first-order valence-electron chi connectivity index (χ1n) is 10.9. The van der Waals surface area contributed by atoms with Crippen molar-refractivity contribution in [1.82, 2.24) is 9.78 Å². The standard InChI is InChI=1S/C26H24N4O2/c1-18-10-15-22(30(31)32)17-24(18)29-26-23(9-5-6-16-27-26)25(28-29)21-13-11-20(12-14-21)19-7-3-2-4-8-19/h2-4,7-8,10-15,17,27H,5-6,9,16H2,1H3. The third kappa shape index (κ3) is 3.64. The second-order valence-electron chi connectivity index (χ2n) is 8.14. The van der Waals surface area contributed by atoms with Crippen LogP contribution in [0.3, 0.4) is 0 Å². The number of rotatable bonds is 4. The highest BCUT2D eigenvalue weighted by molar-refractivity contribution is 5.74. The van der Waals surface area contributed by atoms with Gasteiger partial charge in [-0.15, -0.1) is 0 Å². The Morgan fingerprint density at radius 3 is 2.41 bits per heavy atom. The minimum Gasteiger partial charge on any atom is -0.370 e. The number of hydrogen-bond donors (Lipinski definition) is 1. The van der Waals surface area contributed by atoms with Crippen molar-refractivity contribution in [3.05, 3.63) is 94.0 Å². The highest BCUT2D eigenvalue weighted by atomic mass is 16.6. The van der Waals surface area contributed by atoms with Gasteiger partial charge in [0.05, 0.1) is 16.3 Å². The zero-order valence-corrected chi connectivity index (χ0v) is 17.9. The number of benzene rings is 3. The largest absolute Gasteiger partial charge is 0.370 e. The van der Waals surface area contributed by atoms with Crippen molar-refractivity contribution < 1.29 is 4.92 Å². The number of aromatic nitrogens is 2. The highest BCUT2D eigenvalue weighted by Crippen LogP contribution is 2.36. The van der Waals surface area contributed by atoms with Gasteiger partial charge in [-0.2, -0.15) is 5.10 Å². The molecule has 0 bridgehead atoms. The summed E-state index contributed by atoms with van der Waals surface area (Å²) < 4.78 is 1.85. The number of nitro groups is 1. The fourth-order valence-corrected chi connectivity index (χ4v) is 4.30. The van der Waals surface area contributed by atoms with Crippen LogP contribution >= 0.6 is 0 Å². The lowest BCUT2D eigenvalue weighted by Crippen LogP contribution is -2.08. The SMILES string of the molecule is Cc1ccc([N+](=O)[O-])cc1-n1nc(-c2ccc(-c3ccccc3)cc2)c2c1NCCCC2. The van der Waals surface area contributed by atoms with Gasteiger partial charge in [-0.25, -0.2) is 4.68 Å². The molecule has 160 valence electrons. The van der Waals surface area contributed by atoms with Crippen LogP contribution in [0.1, 0.15) is 24.0 Å². The summed E-state index contributed by atoms with van der Waals surface area (Å²) in [5.74, 6) is 0.938. The number of aryl methyl sites for hydroxylation is 1. The Hall–Kier alpha value is -3.93. The lowest BCUT2D eigenvalue weighted by Gasteiger charge is -2.11. The highest BCUT2D eigenvalue weighted by Gasteiger charge is 2.23. The van der Waals surface area contributed by atoms with Gasteiger partial charge in [0, 0.05) is 29.8 Å². The van der Waals surface area contributed by atoms with Crippen LogP contribution in [0.5, 0.6) is 0 Å². The van der Waals surface area contributed by atoms with Gasteiger partial charge in [0.25, 0.3) is 5.69 Å². The summed E-state index contributed by atoms with van der Waals surface area (Å²) >= 11 is 0. The lowest BCUT2D eigenvalue weighted by molar-refractivity contribution is -0.384. The van der Waals surface area contributed by atoms with Crippen LogP contribution in [0.25, 0.3) is 28.1 Å². The minimum absolute atomic E-state index is 0.0669. The van der Waals surface area contributed by atoms with Gasteiger partial charge in [-0.3, -0.25) is 10.1 Å². The van der Waals surface area contributed by atoms with Gasteiger partial charge in [-0.1, -0.05) is 60.7 Å². The van der Waals surface area contributed by atoms with Gasteiger partial charge in [0.15, 0.2) is 0 Å². The number of nitrogens with one attached hydrogen (secondary N) is 1. The van der Waals surface area contributed by atoms with Gasteiger partial charge in [0.1, 0.15) is 5.82 Å². The molecule has 3 aromatic carbocycles. The van der Waals surface area contributed by atoms with Gasteiger partial charge < -0.3 is 5.32 Å². The summed E-state index contributed by atoms with van der Waals surface area (Å²) in [6, 6.07) is 23.7. The Labute approximate surface area is 186 Å².